The summed E-state index contributed by atoms with van der Waals surface area (Å²) in [7, 11) is 3.21. The molecular formula is C19H19ClN2O3. The molecule has 0 aliphatic carbocycles. The van der Waals surface area contributed by atoms with Crippen LogP contribution >= 0.6 is 12.4 Å². The van der Waals surface area contributed by atoms with Crippen molar-refractivity contribution < 1.29 is 9.47 Å². The highest BCUT2D eigenvalue weighted by atomic mass is 35.5. The van der Waals surface area contributed by atoms with Gasteiger partial charge >= 0.3 is 0 Å². The number of aromatic nitrogens is 2. The second-order valence-corrected chi connectivity index (χ2v) is 5.32. The molecule has 0 fully saturated rings. The average molecular weight is 359 g/mol. The number of hydrogen-bond donors (Lipinski definition) is 0. The highest BCUT2D eigenvalue weighted by Gasteiger charge is 2.04. The number of rotatable bonds is 5. The van der Waals surface area contributed by atoms with Gasteiger partial charge in [-0.3, -0.25) is 4.79 Å². The third kappa shape index (κ3) is 4.39. The third-order valence-electron chi connectivity index (χ3n) is 3.77. The number of nitrogens with zero attached hydrogens (tertiary/aromatic N) is 2. The van der Waals surface area contributed by atoms with Crippen LogP contribution in [-0.4, -0.2) is 23.8 Å². The fraction of sp³-hybridized carbons (Fsp3) is 0.158. The van der Waals surface area contributed by atoms with Crippen LogP contribution in [0.15, 0.2) is 65.7 Å². The van der Waals surface area contributed by atoms with Gasteiger partial charge in [0.1, 0.15) is 5.75 Å². The van der Waals surface area contributed by atoms with Crippen LogP contribution in [-0.2, 0) is 6.54 Å². The summed E-state index contributed by atoms with van der Waals surface area (Å²) >= 11 is 0. The number of ether oxygens (including phenoxy) is 2. The number of hydrogen-bond acceptors (Lipinski definition) is 4. The molecule has 2 heterocycles. The Balaban J connectivity index is 0.00000225. The van der Waals surface area contributed by atoms with Crippen molar-refractivity contribution in [2.45, 2.75) is 6.54 Å². The number of methoxy groups -OCH3 is 2. The lowest BCUT2D eigenvalue weighted by Crippen LogP contribution is -2.19. The van der Waals surface area contributed by atoms with E-state index in [0.29, 0.717) is 12.4 Å². The van der Waals surface area contributed by atoms with Crippen LogP contribution in [0.25, 0.3) is 11.1 Å². The van der Waals surface area contributed by atoms with E-state index in [-0.39, 0.29) is 18.0 Å². The summed E-state index contributed by atoms with van der Waals surface area (Å²) in [6.07, 6.45) is 3.57. The summed E-state index contributed by atoms with van der Waals surface area (Å²) in [6.45, 7) is 0.458. The Kier molecular flexibility index (Phi) is 6.19. The standard InChI is InChI=1S/C19H18N2O3.ClH/c1-23-17-7-4-15(5-8-17)16-6-10-19(22)21(13-16)12-14-3-9-18(24-2)20-11-14;/h3-11,13H,12H2,1-2H3;1H. The number of benzene rings is 1. The monoisotopic (exact) mass is 358 g/mol. The van der Waals surface area contributed by atoms with E-state index in [0.717, 1.165) is 22.4 Å². The van der Waals surface area contributed by atoms with Crippen molar-refractivity contribution in [3.63, 3.8) is 0 Å². The van der Waals surface area contributed by atoms with Crippen molar-refractivity contribution in [2.24, 2.45) is 0 Å². The molecule has 0 amide bonds. The van der Waals surface area contributed by atoms with Gasteiger partial charge in [0.05, 0.1) is 20.8 Å². The first-order chi connectivity index (χ1) is 11.7. The minimum atomic E-state index is -0.0527. The molecule has 6 heteroatoms. The van der Waals surface area contributed by atoms with E-state index in [1.165, 1.54) is 0 Å². The molecule has 25 heavy (non-hydrogen) atoms. The van der Waals surface area contributed by atoms with Gasteiger partial charge in [0.2, 0.25) is 5.88 Å². The van der Waals surface area contributed by atoms with Crippen molar-refractivity contribution in [1.29, 1.82) is 0 Å². The molecule has 1 aromatic carbocycles. The predicted octanol–water partition coefficient (Wildman–Crippen LogP) is 3.40. The predicted molar refractivity (Wildman–Crippen MR) is 99.8 cm³/mol. The van der Waals surface area contributed by atoms with Crippen LogP contribution in [0.5, 0.6) is 11.6 Å². The smallest absolute Gasteiger partial charge is 0.250 e. The van der Waals surface area contributed by atoms with Gasteiger partial charge in [-0.15, -0.1) is 12.4 Å². The van der Waals surface area contributed by atoms with Gasteiger partial charge in [-0.1, -0.05) is 18.2 Å². The summed E-state index contributed by atoms with van der Waals surface area (Å²) in [5, 5.41) is 0. The normalized spacial score (nSPS) is 10.0. The number of pyridine rings is 2. The Morgan fingerprint density at radius 3 is 2.24 bits per heavy atom. The van der Waals surface area contributed by atoms with Gasteiger partial charge < -0.3 is 14.0 Å². The van der Waals surface area contributed by atoms with E-state index in [9.17, 15) is 4.79 Å². The molecule has 0 N–H and O–H groups in total. The zero-order valence-electron chi connectivity index (χ0n) is 14.0. The summed E-state index contributed by atoms with van der Waals surface area (Å²) in [6, 6.07) is 14.8. The molecule has 3 aromatic rings. The van der Waals surface area contributed by atoms with Crippen LogP contribution in [0.1, 0.15) is 5.56 Å². The van der Waals surface area contributed by atoms with Gasteiger partial charge in [0.25, 0.3) is 5.56 Å². The molecule has 2 aromatic heterocycles. The molecule has 0 aliphatic heterocycles. The van der Waals surface area contributed by atoms with Gasteiger partial charge in [0.15, 0.2) is 0 Å². The molecule has 130 valence electrons. The van der Waals surface area contributed by atoms with Crippen LogP contribution in [0.4, 0.5) is 0 Å². The molecule has 0 saturated carbocycles. The Bertz CT molecular complexity index is 874. The highest BCUT2D eigenvalue weighted by Crippen LogP contribution is 2.21. The Labute approximate surface area is 152 Å². The fourth-order valence-electron chi connectivity index (χ4n) is 2.43. The Morgan fingerprint density at radius 1 is 0.920 bits per heavy atom. The molecule has 5 nitrogen and oxygen atoms in total. The van der Waals surface area contributed by atoms with E-state index < -0.39 is 0 Å². The van der Waals surface area contributed by atoms with Crippen molar-refractivity contribution in [2.75, 3.05) is 14.2 Å². The lowest BCUT2D eigenvalue weighted by Gasteiger charge is -2.09. The zero-order chi connectivity index (χ0) is 16.9. The van der Waals surface area contributed by atoms with Crippen molar-refractivity contribution in [1.82, 2.24) is 9.55 Å². The van der Waals surface area contributed by atoms with Gasteiger partial charge in [-0.05, 0) is 34.9 Å². The first kappa shape index (κ1) is 18.5. The largest absolute Gasteiger partial charge is 0.497 e. The van der Waals surface area contributed by atoms with E-state index in [2.05, 4.69) is 4.98 Å². The van der Waals surface area contributed by atoms with Gasteiger partial charge in [-0.25, -0.2) is 4.98 Å². The van der Waals surface area contributed by atoms with Crippen molar-refractivity contribution in [3.8, 4) is 22.8 Å². The van der Waals surface area contributed by atoms with Crippen molar-refractivity contribution in [3.05, 3.63) is 76.8 Å². The zero-order valence-corrected chi connectivity index (χ0v) is 14.8. The lowest BCUT2D eigenvalue weighted by molar-refractivity contribution is 0.397. The van der Waals surface area contributed by atoms with Crippen LogP contribution < -0.4 is 15.0 Å². The summed E-state index contributed by atoms with van der Waals surface area (Å²) in [5.74, 6) is 1.36. The van der Waals surface area contributed by atoms with Gasteiger partial charge in [-0.2, -0.15) is 0 Å². The first-order valence-electron chi connectivity index (χ1n) is 7.53. The van der Waals surface area contributed by atoms with E-state index in [1.807, 2.05) is 42.6 Å². The van der Waals surface area contributed by atoms with E-state index in [1.54, 1.807) is 37.1 Å². The molecule has 0 saturated heterocycles. The highest BCUT2D eigenvalue weighted by molar-refractivity contribution is 5.85. The molecule has 3 rings (SSSR count). The minimum Gasteiger partial charge on any atom is -0.497 e. The fourth-order valence-corrected chi connectivity index (χ4v) is 2.43. The summed E-state index contributed by atoms with van der Waals surface area (Å²) in [5.41, 5.74) is 2.88. The van der Waals surface area contributed by atoms with Crippen LogP contribution in [0.2, 0.25) is 0 Å². The SMILES string of the molecule is COc1ccc(-c2ccc(=O)n(Cc3ccc(OC)nc3)c2)cc1.Cl. The van der Waals surface area contributed by atoms with Gasteiger partial charge in [0, 0.05) is 24.5 Å². The summed E-state index contributed by atoms with van der Waals surface area (Å²) in [4.78, 5) is 16.3. The summed E-state index contributed by atoms with van der Waals surface area (Å²) < 4.78 is 11.9. The maximum Gasteiger partial charge on any atom is 0.250 e. The molecule has 0 atom stereocenters. The number of halogens is 1. The molecular weight excluding hydrogens is 340 g/mol. The lowest BCUT2D eigenvalue weighted by atomic mass is 10.1. The third-order valence-corrected chi connectivity index (χ3v) is 3.77. The maximum absolute atomic E-state index is 12.1. The molecule has 0 aliphatic rings. The van der Waals surface area contributed by atoms with Crippen LogP contribution in [0, 0.1) is 0 Å². The first-order valence-corrected chi connectivity index (χ1v) is 7.53. The molecule has 0 bridgehead atoms. The second-order valence-electron chi connectivity index (χ2n) is 5.32. The maximum atomic E-state index is 12.1. The Hall–Kier alpha value is -2.79. The minimum absolute atomic E-state index is 0. The topological polar surface area (TPSA) is 53.4 Å². The molecule has 0 unspecified atom stereocenters. The van der Waals surface area contributed by atoms with Crippen LogP contribution in [0.3, 0.4) is 0 Å². The average Bonchev–Trinajstić information content (AvgIpc) is 2.64. The second kappa shape index (κ2) is 8.35. The van der Waals surface area contributed by atoms with Crippen molar-refractivity contribution >= 4 is 12.4 Å². The Morgan fingerprint density at radius 2 is 1.64 bits per heavy atom. The molecule has 0 spiro atoms. The van der Waals surface area contributed by atoms with E-state index >= 15 is 0 Å². The van der Waals surface area contributed by atoms with E-state index in [4.69, 9.17) is 9.47 Å². The quantitative estimate of drug-likeness (QED) is 0.701. The molecule has 0 radical (unpaired) electrons.